The number of carbonyl (C=O) groups excluding carboxylic acids is 1. The van der Waals surface area contributed by atoms with E-state index in [1.807, 2.05) is 18.2 Å². The topological polar surface area (TPSA) is 73.6 Å². The number of ether oxygens (including phenoxy) is 2. The fourth-order valence-corrected chi connectivity index (χ4v) is 3.37. The molecule has 1 N–H and O–H groups in total. The molecule has 1 aliphatic rings. The molecule has 6 heteroatoms. The lowest BCUT2D eigenvalue weighted by atomic mass is 9.96. The van der Waals surface area contributed by atoms with Gasteiger partial charge in [-0.15, -0.1) is 0 Å². The van der Waals surface area contributed by atoms with Crippen LogP contribution in [0, 0.1) is 0 Å². The first-order valence-electron chi connectivity index (χ1n) is 9.18. The van der Waals surface area contributed by atoms with E-state index in [9.17, 15) is 4.79 Å². The van der Waals surface area contributed by atoms with E-state index < -0.39 is 0 Å². The molecular weight excluding hydrogens is 356 g/mol. The molecule has 1 saturated carbocycles. The minimum Gasteiger partial charge on any atom is -0.497 e. The number of carbonyl (C=O) groups is 1. The van der Waals surface area contributed by atoms with Gasteiger partial charge in [0, 0.05) is 18.0 Å². The minimum absolute atomic E-state index is 0.0412. The van der Waals surface area contributed by atoms with E-state index in [0.29, 0.717) is 29.4 Å². The average molecular weight is 378 g/mol. The van der Waals surface area contributed by atoms with E-state index in [2.05, 4.69) is 22.6 Å². The van der Waals surface area contributed by atoms with Crippen LogP contribution in [0.5, 0.6) is 11.5 Å². The predicted molar refractivity (Wildman–Crippen MR) is 105 cm³/mol. The van der Waals surface area contributed by atoms with Crippen LogP contribution in [0.2, 0.25) is 0 Å². The molecule has 0 saturated heterocycles. The lowest BCUT2D eigenvalue weighted by Gasteiger charge is -2.15. The predicted octanol–water partition coefficient (Wildman–Crippen LogP) is 3.82. The number of nitrogens with zero attached hydrogens (tertiary/aromatic N) is 1. The van der Waals surface area contributed by atoms with Gasteiger partial charge < -0.3 is 19.3 Å². The molecule has 144 valence electrons. The Kier molecular flexibility index (Phi) is 4.77. The summed E-state index contributed by atoms with van der Waals surface area (Å²) in [5.74, 6) is 1.48. The molecule has 1 aliphatic carbocycles. The van der Waals surface area contributed by atoms with Crippen molar-refractivity contribution in [2.75, 3.05) is 20.8 Å². The Balaban J connectivity index is 1.48. The molecule has 1 amide bonds. The van der Waals surface area contributed by atoms with Gasteiger partial charge in [-0.1, -0.05) is 35.5 Å². The van der Waals surface area contributed by atoms with Gasteiger partial charge in [0.25, 0.3) is 5.91 Å². The number of methoxy groups -OCH3 is 2. The van der Waals surface area contributed by atoms with Crippen molar-refractivity contribution in [1.29, 1.82) is 0 Å². The SMILES string of the molecule is COc1ccc(OC)c(-c2cc(C(=O)NCC3(c4ccccc4)CC3)no2)c1. The summed E-state index contributed by atoms with van der Waals surface area (Å²) in [6, 6.07) is 17.3. The molecule has 0 atom stereocenters. The third-order valence-electron chi connectivity index (χ3n) is 5.24. The molecule has 2 aromatic carbocycles. The van der Waals surface area contributed by atoms with E-state index in [0.717, 1.165) is 12.8 Å². The van der Waals surface area contributed by atoms with Crippen molar-refractivity contribution in [3.63, 3.8) is 0 Å². The monoisotopic (exact) mass is 378 g/mol. The van der Waals surface area contributed by atoms with E-state index >= 15 is 0 Å². The van der Waals surface area contributed by atoms with Crippen LogP contribution in [0.4, 0.5) is 0 Å². The summed E-state index contributed by atoms with van der Waals surface area (Å²) < 4.78 is 16.0. The second-order valence-corrected chi connectivity index (χ2v) is 6.97. The quantitative estimate of drug-likeness (QED) is 0.677. The Morgan fingerprint density at radius 2 is 1.89 bits per heavy atom. The van der Waals surface area contributed by atoms with Gasteiger partial charge in [0.05, 0.1) is 19.8 Å². The van der Waals surface area contributed by atoms with E-state index in [4.69, 9.17) is 14.0 Å². The van der Waals surface area contributed by atoms with Crippen molar-refractivity contribution in [1.82, 2.24) is 10.5 Å². The highest BCUT2D eigenvalue weighted by molar-refractivity contribution is 5.93. The maximum Gasteiger partial charge on any atom is 0.273 e. The van der Waals surface area contributed by atoms with Crippen molar-refractivity contribution in [3.05, 3.63) is 65.9 Å². The maximum atomic E-state index is 12.6. The first-order valence-corrected chi connectivity index (χ1v) is 9.18. The highest BCUT2D eigenvalue weighted by atomic mass is 16.5. The van der Waals surface area contributed by atoms with Gasteiger partial charge in [-0.05, 0) is 36.6 Å². The van der Waals surface area contributed by atoms with Gasteiger partial charge >= 0.3 is 0 Å². The molecule has 0 aliphatic heterocycles. The number of benzene rings is 2. The molecule has 1 heterocycles. The zero-order chi connectivity index (χ0) is 19.6. The maximum absolute atomic E-state index is 12.6. The van der Waals surface area contributed by atoms with Crippen molar-refractivity contribution in [2.45, 2.75) is 18.3 Å². The zero-order valence-corrected chi connectivity index (χ0v) is 15.9. The molecule has 6 nitrogen and oxygen atoms in total. The highest BCUT2D eigenvalue weighted by Gasteiger charge is 2.44. The molecule has 28 heavy (non-hydrogen) atoms. The molecule has 0 radical (unpaired) electrons. The fourth-order valence-electron chi connectivity index (χ4n) is 3.37. The number of rotatable bonds is 7. The van der Waals surface area contributed by atoms with Gasteiger partial charge in [0.15, 0.2) is 11.5 Å². The standard InChI is InChI=1S/C22H22N2O4/c1-26-16-8-9-19(27-2)17(12-16)20-13-18(24-28-20)21(25)23-14-22(10-11-22)15-6-4-3-5-7-15/h3-9,12-13H,10-11,14H2,1-2H3,(H,23,25). The van der Waals surface area contributed by atoms with Gasteiger partial charge in [-0.2, -0.15) is 0 Å². The number of hydrogen-bond acceptors (Lipinski definition) is 5. The third kappa shape index (κ3) is 3.45. The lowest BCUT2D eigenvalue weighted by molar-refractivity contribution is 0.0940. The van der Waals surface area contributed by atoms with Crippen LogP contribution in [0.3, 0.4) is 0 Å². The van der Waals surface area contributed by atoms with Crippen LogP contribution in [-0.2, 0) is 5.41 Å². The number of amides is 1. The molecule has 1 aromatic heterocycles. The Bertz CT molecular complexity index is 977. The Morgan fingerprint density at radius 1 is 1.11 bits per heavy atom. The number of hydrogen-bond donors (Lipinski definition) is 1. The fraction of sp³-hybridized carbons (Fsp3) is 0.273. The van der Waals surface area contributed by atoms with Crippen LogP contribution in [0.15, 0.2) is 59.1 Å². The third-order valence-corrected chi connectivity index (χ3v) is 5.24. The van der Waals surface area contributed by atoms with Crippen LogP contribution >= 0.6 is 0 Å². The molecule has 0 unspecified atom stereocenters. The summed E-state index contributed by atoms with van der Waals surface area (Å²) in [6.07, 6.45) is 2.14. The van der Waals surface area contributed by atoms with E-state index in [-0.39, 0.29) is 17.0 Å². The molecule has 3 aromatic rings. The average Bonchev–Trinajstić information content (AvgIpc) is 3.39. The van der Waals surface area contributed by atoms with Gasteiger partial charge in [0.1, 0.15) is 11.5 Å². The minimum atomic E-state index is -0.251. The first-order chi connectivity index (χ1) is 13.6. The Labute approximate surface area is 163 Å². The summed E-state index contributed by atoms with van der Waals surface area (Å²) in [5.41, 5.74) is 2.22. The first kappa shape index (κ1) is 18.1. The molecule has 0 bridgehead atoms. The number of nitrogens with one attached hydrogen (secondary N) is 1. The summed E-state index contributed by atoms with van der Waals surface area (Å²) >= 11 is 0. The normalized spacial score (nSPS) is 14.4. The zero-order valence-electron chi connectivity index (χ0n) is 15.9. The summed E-state index contributed by atoms with van der Waals surface area (Å²) in [5, 5.41) is 6.93. The molecule has 4 rings (SSSR count). The highest BCUT2D eigenvalue weighted by Crippen LogP contribution is 2.47. The molecule has 0 spiro atoms. The summed E-state index contributed by atoms with van der Waals surface area (Å²) in [6.45, 7) is 0.584. The number of aromatic nitrogens is 1. The molecular formula is C22H22N2O4. The van der Waals surface area contributed by atoms with Crippen LogP contribution in [0.25, 0.3) is 11.3 Å². The van der Waals surface area contributed by atoms with Crippen molar-refractivity contribution in [3.8, 4) is 22.8 Å². The molecule has 1 fully saturated rings. The van der Waals surface area contributed by atoms with E-state index in [1.54, 1.807) is 38.5 Å². The van der Waals surface area contributed by atoms with Crippen LogP contribution in [0.1, 0.15) is 28.9 Å². The van der Waals surface area contributed by atoms with Crippen molar-refractivity contribution >= 4 is 5.91 Å². The van der Waals surface area contributed by atoms with Crippen molar-refractivity contribution in [2.24, 2.45) is 0 Å². The van der Waals surface area contributed by atoms with Crippen LogP contribution < -0.4 is 14.8 Å². The van der Waals surface area contributed by atoms with Gasteiger partial charge in [-0.3, -0.25) is 4.79 Å². The van der Waals surface area contributed by atoms with E-state index in [1.165, 1.54) is 5.56 Å². The summed E-state index contributed by atoms with van der Waals surface area (Å²) in [7, 11) is 3.17. The largest absolute Gasteiger partial charge is 0.497 e. The Morgan fingerprint density at radius 3 is 2.57 bits per heavy atom. The Hall–Kier alpha value is -3.28. The van der Waals surface area contributed by atoms with Crippen molar-refractivity contribution < 1.29 is 18.8 Å². The van der Waals surface area contributed by atoms with Crippen LogP contribution in [-0.4, -0.2) is 31.8 Å². The van der Waals surface area contributed by atoms with Gasteiger partial charge in [0.2, 0.25) is 0 Å². The second kappa shape index (κ2) is 7.38. The lowest BCUT2D eigenvalue weighted by Crippen LogP contribution is -2.32. The van der Waals surface area contributed by atoms with Gasteiger partial charge in [-0.25, -0.2) is 0 Å². The smallest absolute Gasteiger partial charge is 0.273 e. The summed E-state index contributed by atoms with van der Waals surface area (Å²) in [4.78, 5) is 12.6. The second-order valence-electron chi connectivity index (χ2n) is 6.97.